The van der Waals surface area contributed by atoms with Crippen LogP contribution in [0.4, 0.5) is 5.82 Å². The van der Waals surface area contributed by atoms with Crippen LogP contribution in [0.1, 0.15) is 37.2 Å². The van der Waals surface area contributed by atoms with Gasteiger partial charge in [0.2, 0.25) is 0 Å². The van der Waals surface area contributed by atoms with E-state index in [9.17, 15) is 0 Å². The lowest BCUT2D eigenvalue weighted by Gasteiger charge is -2.24. The van der Waals surface area contributed by atoms with E-state index in [-0.39, 0.29) is 6.61 Å². The Bertz CT molecular complexity index is 408. The van der Waals surface area contributed by atoms with Crippen molar-refractivity contribution in [3.63, 3.8) is 0 Å². The number of anilines is 1. The zero-order valence-corrected chi connectivity index (χ0v) is 11.8. The number of hydrogen-bond acceptors (Lipinski definition) is 5. The molecule has 0 saturated heterocycles. The molecule has 1 saturated carbocycles. The fraction of sp³-hybridized carbons (Fsp3) is 0.714. The van der Waals surface area contributed by atoms with Crippen LogP contribution in [-0.2, 0) is 11.3 Å². The number of nitrogens with zero attached hydrogens (tertiary/aromatic N) is 3. The second kappa shape index (κ2) is 6.82. The second-order valence-electron chi connectivity index (χ2n) is 5.07. The van der Waals surface area contributed by atoms with E-state index < -0.39 is 0 Å². The number of methoxy groups -OCH3 is 1. The van der Waals surface area contributed by atoms with E-state index in [1.165, 1.54) is 12.8 Å². The van der Waals surface area contributed by atoms with Crippen LogP contribution in [0.25, 0.3) is 0 Å². The van der Waals surface area contributed by atoms with Crippen molar-refractivity contribution >= 4 is 5.82 Å². The molecule has 0 bridgehead atoms. The SMILES string of the molecule is COCc1nc(C)cc(N(CCCCO)C2CC2)n1. The third kappa shape index (κ3) is 4.14. The van der Waals surface area contributed by atoms with E-state index in [1.807, 2.05) is 13.0 Å². The van der Waals surface area contributed by atoms with E-state index in [1.54, 1.807) is 7.11 Å². The van der Waals surface area contributed by atoms with Crippen molar-refractivity contribution in [1.82, 2.24) is 9.97 Å². The largest absolute Gasteiger partial charge is 0.396 e. The van der Waals surface area contributed by atoms with E-state index in [0.717, 1.165) is 36.7 Å². The van der Waals surface area contributed by atoms with Crippen LogP contribution >= 0.6 is 0 Å². The third-order valence-electron chi connectivity index (χ3n) is 3.25. The molecule has 0 radical (unpaired) electrons. The van der Waals surface area contributed by atoms with Crippen LogP contribution in [-0.4, -0.2) is 41.4 Å². The molecule has 1 aliphatic carbocycles. The highest BCUT2D eigenvalue weighted by molar-refractivity contribution is 5.42. The van der Waals surface area contributed by atoms with Crippen molar-refractivity contribution in [2.45, 2.75) is 45.3 Å². The molecule has 2 rings (SSSR count). The predicted molar refractivity (Wildman–Crippen MR) is 74.2 cm³/mol. The lowest BCUT2D eigenvalue weighted by atomic mass is 10.3. The van der Waals surface area contributed by atoms with E-state index >= 15 is 0 Å². The molecule has 1 heterocycles. The van der Waals surface area contributed by atoms with Crippen LogP contribution < -0.4 is 4.90 Å². The zero-order chi connectivity index (χ0) is 13.7. The van der Waals surface area contributed by atoms with Gasteiger partial charge in [-0.2, -0.15) is 0 Å². The summed E-state index contributed by atoms with van der Waals surface area (Å²) in [5.74, 6) is 1.74. The van der Waals surface area contributed by atoms with Crippen LogP contribution in [0.3, 0.4) is 0 Å². The van der Waals surface area contributed by atoms with Crippen molar-refractivity contribution in [3.8, 4) is 0 Å². The van der Waals surface area contributed by atoms with Gasteiger partial charge in [0.25, 0.3) is 0 Å². The van der Waals surface area contributed by atoms with Crippen molar-refractivity contribution in [2.24, 2.45) is 0 Å². The molecule has 5 nitrogen and oxygen atoms in total. The first-order chi connectivity index (χ1) is 9.24. The number of aliphatic hydroxyl groups is 1. The number of aryl methyl sites for hydroxylation is 1. The summed E-state index contributed by atoms with van der Waals surface area (Å²) in [7, 11) is 1.66. The lowest BCUT2D eigenvalue weighted by molar-refractivity contribution is 0.177. The summed E-state index contributed by atoms with van der Waals surface area (Å²) in [5, 5.41) is 8.90. The Kier molecular flexibility index (Phi) is 5.10. The number of rotatable bonds is 8. The van der Waals surface area contributed by atoms with Crippen molar-refractivity contribution in [1.29, 1.82) is 0 Å². The highest BCUT2D eigenvalue weighted by Crippen LogP contribution is 2.31. The number of unbranched alkanes of at least 4 members (excludes halogenated alkanes) is 1. The minimum atomic E-state index is 0.260. The first-order valence-electron chi connectivity index (χ1n) is 6.95. The van der Waals surface area contributed by atoms with Gasteiger partial charge in [0.1, 0.15) is 12.4 Å². The van der Waals surface area contributed by atoms with Crippen molar-refractivity contribution < 1.29 is 9.84 Å². The Morgan fingerprint density at radius 2 is 2.16 bits per heavy atom. The third-order valence-corrected chi connectivity index (χ3v) is 3.25. The number of ether oxygens (including phenoxy) is 1. The highest BCUT2D eigenvalue weighted by atomic mass is 16.5. The molecule has 0 spiro atoms. The fourth-order valence-electron chi connectivity index (χ4n) is 2.22. The van der Waals surface area contributed by atoms with Crippen LogP contribution in [0.5, 0.6) is 0 Å². The van der Waals surface area contributed by atoms with Gasteiger partial charge in [0.15, 0.2) is 5.82 Å². The summed E-state index contributed by atoms with van der Waals surface area (Å²) >= 11 is 0. The fourth-order valence-corrected chi connectivity index (χ4v) is 2.22. The van der Waals surface area contributed by atoms with Gasteiger partial charge >= 0.3 is 0 Å². The summed E-state index contributed by atoms with van der Waals surface area (Å²) < 4.78 is 5.12. The van der Waals surface area contributed by atoms with E-state index in [2.05, 4.69) is 14.9 Å². The summed E-state index contributed by atoms with van der Waals surface area (Å²) in [6.07, 6.45) is 4.32. The Balaban J connectivity index is 2.11. The summed E-state index contributed by atoms with van der Waals surface area (Å²) in [5.41, 5.74) is 0.977. The molecule has 1 aromatic rings. The lowest BCUT2D eigenvalue weighted by Crippen LogP contribution is -2.28. The first kappa shape index (κ1) is 14.2. The average Bonchev–Trinajstić information content (AvgIpc) is 3.18. The van der Waals surface area contributed by atoms with Gasteiger partial charge in [-0.15, -0.1) is 0 Å². The Morgan fingerprint density at radius 3 is 2.79 bits per heavy atom. The summed E-state index contributed by atoms with van der Waals surface area (Å²) in [6.45, 7) is 3.65. The molecule has 0 unspecified atom stereocenters. The number of aromatic nitrogens is 2. The second-order valence-corrected chi connectivity index (χ2v) is 5.07. The minimum Gasteiger partial charge on any atom is -0.396 e. The summed E-state index contributed by atoms with van der Waals surface area (Å²) in [6, 6.07) is 2.65. The van der Waals surface area contributed by atoms with E-state index in [0.29, 0.717) is 12.6 Å². The summed E-state index contributed by atoms with van der Waals surface area (Å²) in [4.78, 5) is 11.3. The van der Waals surface area contributed by atoms with Crippen molar-refractivity contribution in [3.05, 3.63) is 17.6 Å². The minimum absolute atomic E-state index is 0.260. The molecule has 0 atom stereocenters. The molecule has 1 aromatic heterocycles. The molecule has 0 amide bonds. The molecule has 0 aromatic carbocycles. The van der Waals surface area contributed by atoms with Gasteiger partial charge in [-0.1, -0.05) is 0 Å². The Labute approximate surface area is 114 Å². The monoisotopic (exact) mass is 265 g/mol. The molecule has 1 fully saturated rings. The maximum atomic E-state index is 8.90. The quantitative estimate of drug-likeness (QED) is 0.725. The van der Waals surface area contributed by atoms with Gasteiger partial charge in [0, 0.05) is 38.1 Å². The zero-order valence-electron chi connectivity index (χ0n) is 11.8. The van der Waals surface area contributed by atoms with Gasteiger partial charge in [-0.3, -0.25) is 0 Å². The average molecular weight is 265 g/mol. The predicted octanol–water partition coefficient (Wildman–Crippen LogP) is 1.67. The van der Waals surface area contributed by atoms with E-state index in [4.69, 9.17) is 9.84 Å². The topological polar surface area (TPSA) is 58.5 Å². The molecule has 106 valence electrons. The smallest absolute Gasteiger partial charge is 0.156 e. The molecule has 19 heavy (non-hydrogen) atoms. The van der Waals surface area contributed by atoms with Crippen LogP contribution in [0.15, 0.2) is 6.07 Å². The van der Waals surface area contributed by atoms with Gasteiger partial charge in [-0.05, 0) is 32.6 Å². The van der Waals surface area contributed by atoms with Gasteiger partial charge in [-0.25, -0.2) is 9.97 Å². The molecule has 0 aliphatic heterocycles. The molecule has 5 heteroatoms. The normalized spacial score (nSPS) is 14.7. The first-order valence-corrected chi connectivity index (χ1v) is 6.95. The van der Waals surface area contributed by atoms with Crippen LogP contribution in [0, 0.1) is 6.92 Å². The molecular formula is C14H23N3O2. The Hall–Kier alpha value is -1.20. The highest BCUT2D eigenvalue weighted by Gasteiger charge is 2.29. The standard InChI is InChI=1S/C14H23N3O2/c1-11-9-14(16-13(15-11)10-19-2)17(12-5-6-12)7-3-4-8-18/h9,12,18H,3-8,10H2,1-2H3. The number of aliphatic hydroxyl groups excluding tert-OH is 1. The maximum Gasteiger partial charge on any atom is 0.156 e. The van der Waals surface area contributed by atoms with Crippen LogP contribution in [0.2, 0.25) is 0 Å². The number of hydrogen-bond donors (Lipinski definition) is 1. The van der Waals surface area contributed by atoms with Gasteiger partial charge in [0.05, 0.1) is 0 Å². The maximum absolute atomic E-state index is 8.90. The molecule has 1 N–H and O–H groups in total. The molecule has 1 aliphatic rings. The van der Waals surface area contributed by atoms with Gasteiger partial charge < -0.3 is 14.7 Å². The van der Waals surface area contributed by atoms with Crippen molar-refractivity contribution in [2.75, 3.05) is 25.2 Å². The molecular weight excluding hydrogens is 242 g/mol. The Morgan fingerprint density at radius 1 is 1.37 bits per heavy atom.